The van der Waals surface area contributed by atoms with Crippen LogP contribution in [0.2, 0.25) is 0 Å². The van der Waals surface area contributed by atoms with Crippen LogP contribution in [0.1, 0.15) is 56.9 Å². The number of hydrogen-bond donors (Lipinski definition) is 0. The number of carbonyl (C=O) groups is 2. The molecule has 16 heteroatoms. The van der Waals surface area contributed by atoms with Crippen molar-refractivity contribution >= 4 is 32.2 Å². The first-order chi connectivity index (χ1) is 30.8. The van der Waals surface area contributed by atoms with Crippen molar-refractivity contribution < 1.29 is 26.4 Å². The lowest BCUT2D eigenvalue weighted by atomic mass is 9.71. The quantitative estimate of drug-likeness (QED) is 0.187. The number of aromatic nitrogens is 4. The van der Waals surface area contributed by atoms with Crippen molar-refractivity contribution in [2.24, 2.45) is 23.7 Å². The van der Waals surface area contributed by atoms with E-state index in [-0.39, 0.29) is 47.3 Å². The number of imidazole rings is 2. The molecule has 0 radical (unpaired) electrons. The van der Waals surface area contributed by atoms with E-state index in [1.807, 2.05) is 131 Å². The molecular weight excluding hydrogens is 849 g/mol. The molecule has 4 aliphatic rings. The van der Waals surface area contributed by atoms with Gasteiger partial charge < -0.3 is 9.80 Å². The molecule has 64 heavy (non-hydrogen) atoms. The van der Waals surface area contributed by atoms with Crippen LogP contribution in [0.3, 0.4) is 0 Å². The summed E-state index contributed by atoms with van der Waals surface area (Å²) in [6, 6.07) is 39.4. The van der Waals surface area contributed by atoms with Crippen molar-refractivity contribution in [1.82, 2.24) is 36.3 Å². The van der Waals surface area contributed by atoms with Gasteiger partial charge in [0.2, 0.25) is 11.8 Å². The number of amides is 2. The minimum absolute atomic E-state index is 0.0772. The van der Waals surface area contributed by atoms with Gasteiger partial charge in [-0.1, -0.05) is 121 Å². The van der Waals surface area contributed by atoms with Crippen LogP contribution in [0.4, 0.5) is 0 Å². The molecule has 2 aliphatic carbocycles. The fraction of sp³-hybridized carbons (Fsp3) is 0.333. The van der Waals surface area contributed by atoms with Gasteiger partial charge in [0.1, 0.15) is 12.7 Å². The molecule has 0 spiro atoms. The Labute approximate surface area is 375 Å². The molecular formula is C48H52N8O6S2. The number of hydrogen-bond acceptors (Lipinski definition) is 8. The summed E-state index contributed by atoms with van der Waals surface area (Å²) in [6.07, 6.45) is 3.97. The van der Waals surface area contributed by atoms with Crippen molar-refractivity contribution in [1.29, 1.82) is 0 Å². The van der Waals surface area contributed by atoms with E-state index in [0.717, 1.165) is 33.6 Å². The summed E-state index contributed by atoms with van der Waals surface area (Å²) in [5.41, 5.74) is 6.81. The first-order valence-corrected chi connectivity index (χ1v) is 24.3. The van der Waals surface area contributed by atoms with Crippen molar-refractivity contribution in [2.75, 3.05) is 41.3 Å². The van der Waals surface area contributed by atoms with Crippen LogP contribution in [0.5, 0.6) is 0 Å². The maximum absolute atomic E-state index is 13.7. The third-order valence-electron chi connectivity index (χ3n) is 13.2. The zero-order valence-corrected chi connectivity index (χ0v) is 37.9. The lowest BCUT2D eigenvalue weighted by molar-refractivity contribution is -0.133. The minimum atomic E-state index is -3.76. The van der Waals surface area contributed by atoms with Gasteiger partial charge in [0.05, 0.1) is 34.6 Å². The maximum Gasteiger partial charge on any atom is 0.308 e. The highest BCUT2D eigenvalue weighted by atomic mass is 32.2. The standard InChI is InChI=1S/2C24H26N4O3S/c2*1-26(2)32(30,31)28-16-25-20-13-19-15-27(14-17-9-5-3-6-10-17)24(29)22(19)21(23(20)28)18-11-7-4-8-12-18/h2*3-12,16,19,21-22H,13-15H2,1-2H3/t2*19-,21+,22-/m11/s1. The number of rotatable bonds is 10. The molecule has 6 aromatic rings. The van der Waals surface area contributed by atoms with Gasteiger partial charge in [-0.15, -0.1) is 0 Å². The van der Waals surface area contributed by atoms with Gasteiger partial charge in [-0.25, -0.2) is 17.9 Å². The van der Waals surface area contributed by atoms with E-state index in [1.165, 1.54) is 57.4 Å². The second-order valence-electron chi connectivity index (χ2n) is 17.5. The van der Waals surface area contributed by atoms with Gasteiger partial charge >= 0.3 is 20.4 Å². The van der Waals surface area contributed by atoms with Crippen LogP contribution in [-0.2, 0) is 55.9 Å². The summed E-state index contributed by atoms with van der Waals surface area (Å²) in [4.78, 5) is 40.2. The molecule has 332 valence electrons. The molecule has 10 rings (SSSR count). The zero-order chi connectivity index (χ0) is 44.9. The Kier molecular flexibility index (Phi) is 11.7. The molecule has 0 saturated carbocycles. The van der Waals surface area contributed by atoms with Crippen LogP contribution in [-0.4, -0.2) is 106 Å². The van der Waals surface area contributed by atoms with E-state index in [0.29, 0.717) is 50.4 Å². The molecule has 2 aromatic heterocycles. The fourth-order valence-electron chi connectivity index (χ4n) is 10.2. The molecule has 14 nitrogen and oxygen atoms in total. The van der Waals surface area contributed by atoms with Gasteiger partial charge in [-0.05, 0) is 46.9 Å². The Morgan fingerprint density at radius 3 is 1.17 bits per heavy atom. The molecule has 2 aliphatic heterocycles. The van der Waals surface area contributed by atoms with Gasteiger partial charge in [0.15, 0.2) is 0 Å². The van der Waals surface area contributed by atoms with Crippen LogP contribution in [0.25, 0.3) is 0 Å². The van der Waals surface area contributed by atoms with Crippen LogP contribution in [0, 0.1) is 23.7 Å². The molecule has 2 fully saturated rings. The Morgan fingerprint density at radius 2 is 0.844 bits per heavy atom. The predicted molar refractivity (Wildman–Crippen MR) is 242 cm³/mol. The van der Waals surface area contributed by atoms with Crippen LogP contribution in [0.15, 0.2) is 134 Å². The first-order valence-electron chi connectivity index (χ1n) is 21.5. The van der Waals surface area contributed by atoms with E-state index in [9.17, 15) is 26.4 Å². The van der Waals surface area contributed by atoms with Crippen molar-refractivity contribution in [3.05, 3.63) is 179 Å². The Balaban J connectivity index is 0.000000162. The van der Waals surface area contributed by atoms with Crippen molar-refractivity contribution in [3.63, 3.8) is 0 Å². The monoisotopic (exact) mass is 900 g/mol. The number of carbonyl (C=O) groups excluding carboxylic acids is 2. The van der Waals surface area contributed by atoms with E-state index in [4.69, 9.17) is 0 Å². The van der Waals surface area contributed by atoms with Crippen molar-refractivity contribution in [3.8, 4) is 0 Å². The molecule has 6 atom stereocenters. The summed E-state index contributed by atoms with van der Waals surface area (Å²) in [7, 11) is -1.49. The maximum atomic E-state index is 13.7. The highest BCUT2D eigenvalue weighted by molar-refractivity contribution is 7.87. The van der Waals surface area contributed by atoms with Gasteiger partial charge in [0, 0.05) is 66.2 Å². The SMILES string of the molecule is CN(C)S(=O)(=O)n1cnc2c1[C@@H](c1ccccc1)[C@@H]1C(=O)N(Cc3ccccc3)C[C@H]1C2.CN(C)S(=O)(=O)n1cnc2c1[C@@H](c1ccccc1)[C@@H]1C(=O)N(Cc3ccccc3)C[C@H]1C2. The highest BCUT2D eigenvalue weighted by Crippen LogP contribution is 2.49. The summed E-state index contributed by atoms with van der Waals surface area (Å²) >= 11 is 0. The fourth-order valence-corrected chi connectivity index (χ4v) is 12.2. The third-order valence-corrected chi connectivity index (χ3v) is 16.6. The number of likely N-dealkylation sites (tertiary alicyclic amines) is 2. The van der Waals surface area contributed by atoms with Gasteiger partial charge in [0.25, 0.3) is 0 Å². The lowest BCUT2D eigenvalue weighted by Crippen LogP contribution is -2.37. The number of fused-ring (bicyclic) bond motifs is 4. The second kappa shape index (κ2) is 17.2. The summed E-state index contributed by atoms with van der Waals surface area (Å²) < 4.78 is 57.2. The van der Waals surface area contributed by atoms with Crippen molar-refractivity contribution in [2.45, 2.75) is 37.8 Å². The summed E-state index contributed by atoms with van der Waals surface area (Å²) in [6.45, 7) is 2.41. The molecule has 2 amide bonds. The van der Waals surface area contributed by atoms with E-state index in [1.54, 1.807) is 0 Å². The zero-order valence-electron chi connectivity index (χ0n) is 36.3. The Morgan fingerprint density at radius 1 is 0.516 bits per heavy atom. The predicted octanol–water partition coefficient (Wildman–Crippen LogP) is 5.00. The Hall–Kier alpha value is -5.94. The average Bonchev–Trinajstić information content (AvgIpc) is 4.07. The van der Waals surface area contributed by atoms with Crippen LogP contribution >= 0.6 is 0 Å². The average molecular weight is 901 g/mol. The van der Waals surface area contributed by atoms with Gasteiger partial charge in [-0.2, -0.15) is 25.4 Å². The second-order valence-corrected chi connectivity index (χ2v) is 21.5. The topological polar surface area (TPSA) is 151 Å². The van der Waals surface area contributed by atoms with E-state index in [2.05, 4.69) is 9.97 Å². The summed E-state index contributed by atoms with van der Waals surface area (Å²) in [5.74, 6) is -1.03. The minimum Gasteiger partial charge on any atom is -0.338 e. The number of benzene rings is 4. The van der Waals surface area contributed by atoms with Crippen LogP contribution < -0.4 is 0 Å². The van der Waals surface area contributed by atoms with E-state index >= 15 is 0 Å². The molecule has 0 unspecified atom stereocenters. The summed E-state index contributed by atoms with van der Waals surface area (Å²) in [5, 5.41) is 0. The van der Waals surface area contributed by atoms with Gasteiger partial charge in [-0.3, -0.25) is 9.59 Å². The molecule has 4 heterocycles. The Bertz CT molecular complexity index is 2670. The molecule has 0 bridgehead atoms. The van der Waals surface area contributed by atoms with E-state index < -0.39 is 20.4 Å². The molecule has 2 saturated heterocycles. The third kappa shape index (κ3) is 7.75. The molecule has 0 N–H and O–H groups in total. The normalized spacial score (nSPS) is 22.8. The smallest absolute Gasteiger partial charge is 0.308 e. The molecule has 4 aromatic carbocycles. The first kappa shape index (κ1) is 43.3. The number of nitrogens with zero attached hydrogens (tertiary/aromatic N) is 8. The highest BCUT2D eigenvalue weighted by Gasteiger charge is 2.53. The lowest BCUT2D eigenvalue weighted by Gasteiger charge is -2.33. The largest absolute Gasteiger partial charge is 0.338 e.